The van der Waals surface area contributed by atoms with Gasteiger partial charge < -0.3 is 45.4 Å². The van der Waals surface area contributed by atoms with E-state index >= 15 is 0 Å². The van der Waals surface area contributed by atoms with Gasteiger partial charge in [0, 0.05) is 11.3 Å². The third-order valence-electron chi connectivity index (χ3n) is 9.10. The van der Waals surface area contributed by atoms with Gasteiger partial charge in [0.05, 0.1) is 18.1 Å². The standard InChI is InChI=1S/C36H36FNO9/c37-23-12-9-19(10-13-23)27(39)16-15-26-29(38(35(26)45)24-7-2-1-3-8-24)25-14-11-21(18-28(25)40)20-5-4-6-22(17-20)30(41)34-32(43)31(42)33(44)36(46)47-34/h1-14,17-18,26-27,29-34,36,39-44,46H,15-16H2/t26?,27?,29-,30?,31?,32?,33?,34?,36?/m1/s1. The molecule has 0 aromatic heterocycles. The van der Waals surface area contributed by atoms with Gasteiger partial charge in [-0.15, -0.1) is 0 Å². The zero-order valence-electron chi connectivity index (χ0n) is 25.1. The van der Waals surface area contributed by atoms with Crippen molar-refractivity contribution in [3.8, 4) is 16.9 Å². The summed E-state index contributed by atoms with van der Waals surface area (Å²) < 4.78 is 18.6. The molecule has 4 aromatic carbocycles. The number of ether oxygens (including phenoxy) is 1. The second-order valence-electron chi connectivity index (χ2n) is 12.0. The Kier molecular flexibility index (Phi) is 9.40. The van der Waals surface area contributed by atoms with E-state index in [0.717, 1.165) is 0 Å². The Morgan fingerprint density at radius 1 is 0.766 bits per heavy atom. The first kappa shape index (κ1) is 32.7. The molecule has 0 saturated carbocycles. The summed E-state index contributed by atoms with van der Waals surface area (Å²) >= 11 is 0. The van der Waals surface area contributed by atoms with Gasteiger partial charge in [0.25, 0.3) is 0 Å². The van der Waals surface area contributed by atoms with Crippen molar-refractivity contribution in [2.24, 2.45) is 5.92 Å². The lowest BCUT2D eigenvalue weighted by atomic mass is 9.77. The van der Waals surface area contributed by atoms with Crippen molar-refractivity contribution in [3.63, 3.8) is 0 Å². The number of carbonyl (C=O) groups is 1. The Balaban J connectivity index is 1.25. The predicted molar refractivity (Wildman–Crippen MR) is 168 cm³/mol. The zero-order chi connectivity index (χ0) is 33.4. The van der Waals surface area contributed by atoms with E-state index < -0.39 is 60.7 Å². The number of phenolic OH excluding ortho intramolecular Hbond substituents is 1. The van der Waals surface area contributed by atoms with E-state index in [-0.39, 0.29) is 18.1 Å². The number of para-hydroxylation sites is 1. The van der Waals surface area contributed by atoms with Crippen LogP contribution in [0.2, 0.25) is 0 Å². The molecule has 7 N–H and O–H groups in total. The van der Waals surface area contributed by atoms with Crippen LogP contribution in [0.1, 0.15) is 47.8 Å². The highest BCUT2D eigenvalue weighted by Gasteiger charge is 2.49. The van der Waals surface area contributed by atoms with Crippen LogP contribution in [0.5, 0.6) is 5.75 Å². The highest BCUT2D eigenvalue weighted by molar-refractivity contribution is 6.03. The monoisotopic (exact) mass is 645 g/mol. The molecule has 2 heterocycles. The zero-order valence-corrected chi connectivity index (χ0v) is 25.1. The SMILES string of the molecule is O=C1C(CCC(O)c2ccc(F)cc2)[C@@H](c2ccc(-c3cccc(C(O)C4OC(O)C(O)C(O)C4O)c3)cc2O)N1c1ccccc1. The van der Waals surface area contributed by atoms with Crippen LogP contribution in [-0.4, -0.2) is 72.4 Å². The van der Waals surface area contributed by atoms with Crippen molar-refractivity contribution in [2.75, 3.05) is 4.90 Å². The van der Waals surface area contributed by atoms with E-state index in [0.29, 0.717) is 39.9 Å². The summed E-state index contributed by atoms with van der Waals surface area (Å²) in [6.45, 7) is 0. The van der Waals surface area contributed by atoms with Crippen molar-refractivity contribution in [1.29, 1.82) is 0 Å². The minimum Gasteiger partial charge on any atom is -0.508 e. The molecule has 0 bridgehead atoms. The number of anilines is 1. The first-order valence-electron chi connectivity index (χ1n) is 15.4. The molecule has 0 radical (unpaired) electrons. The second kappa shape index (κ2) is 13.5. The molecule has 2 saturated heterocycles. The Morgan fingerprint density at radius 3 is 2.17 bits per heavy atom. The number of aliphatic hydroxyl groups excluding tert-OH is 6. The molecule has 2 aliphatic rings. The maximum atomic E-state index is 13.5. The van der Waals surface area contributed by atoms with E-state index in [1.807, 2.05) is 30.3 Å². The Hall–Kier alpha value is -4.20. The smallest absolute Gasteiger partial charge is 0.233 e. The van der Waals surface area contributed by atoms with Crippen LogP contribution in [-0.2, 0) is 9.53 Å². The fourth-order valence-electron chi connectivity index (χ4n) is 6.46. The van der Waals surface area contributed by atoms with Gasteiger partial charge in [-0.05, 0) is 71.5 Å². The number of phenols is 1. The maximum Gasteiger partial charge on any atom is 0.233 e. The van der Waals surface area contributed by atoms with Gasteiger partial charge in [0.2, 0.25) is 5.91 Å². The summed E-state index contributed by atoms with van der Waals surface area (Å²) in [5.74, 6) is -1.16. The van der Waals surface area contributed by atoms with Crippen molar-refractivity contribution in [2.45, 2.75) is 61.8 Å². The lowest BCUT2D eigenvalue weighted by Crippen LogP contribution is -2.58. The molecule has 246 valence electrons. The average Bonchev–Trinajstić information content (AvgIpc) is 3.08. The van der Waals surface area contributed by atoms with E-state index in [2.05, 4.69) is 0 Å². The minimum atomic E-state index is -1.80. The molecule has 0 spiro atoms. The summed E-state index contributed by atoms with van der Waals surface area (Å²) in [5, 5.41) is 73.2. The number of rotatable bonds is 9. The van der Waals surface area contributed by atoms with Crippen LogP contribution in [0.4, 0.5) is 10.1 Å². The average molecular weight is 646 g/mol. The van der Waals surface area contributed by atoms with E-state index in [1.54, 1.807) is 47.4 Å². The lowest BCUT2D eigenvalue weighted by Gasteiger charge is -2.48. The second-order valence-corrected chi connectivity index (χ2v) is 12.0. The number of amides is 1. The fourth-order valence-corrected chi connectivity index (χ4v) is 6.46. The number of benzene rings is 4. The molecule has 6 rings (SSSR count). The first-order chi connectivity index (χ1) is 22.5. The normalized spacial score (nSPS) is 27.3. The quantitative estimate of drug-likeness (QED) is 0.135. The van der Waals surface area contributed by atoms with Gasteiger partial charge in [-0.25, -0.2) is 4.39 Å². The molecule has 2 aliphatic heterocycles. The Labute approximate surface area is 270 Å². The van der Waals surface area contributed by atoms with Crippen LogP contribution in [0.3, 0.4) is 0 Å². The molecule has 8 unspecified atom stereocenters. The summed E-state index contributed by atoms with van der Waals surface area (Å²) in [7, 11) is 0. The van der Waals surface area contributed by atoms with Gasteiger partial charge in [-0.3, -0.25) is 4.79 Å². The molecule has 1 amide bonds. The number of nitrogens with zero attached hydrogens (tertiary/aromatic N) is 1. The van der Waals surface area contributed by atoms with E-state index in [9.17, 15) is 44.9 Å². The van der Waals surface area contributed by atoms with E-state index in [4.69, 9.17) is 4.74 Å². The van der Waals surface area contributed by atoms with Crippen molar-refractivity contribution in [3.05, 3.63) is 120 Å². The number of aromatic hydroxyl groups is 1. The number of halogens is 1. The van der Waals surface area contributed by atoms with E-state index in [1.165, 1.54) is 24.3 Å². The minimum absolute atomic E-state index is 0.0674. The van der Waals surface area contributed by atoms with Gasteiger partial charge in [-0.1, -0.05) is 60.7 Å². The molecule has 47 heavy (non-hydrogen) atoms. The van der Waals surface area contributed by atoms with Gasteiger partial charge >= 0.3 is 0 Å². The third-order valence-corrected chi connectivity index (χ3v) is 9.10. The van der Waals surface area contributed by atoms with Crippen LogP contribution in [0, 0.1) is 11.7 Å². The Bertz CT molecular complexity index is 1700. The number of hydrogen-bond donors (Lipinski definition) is 7. The molecule has 2 fully saturated rings. The number of aliphatic hydroxyl groups is 6. The molecule has 9 atom stereocenters. The summed E-state index contributed by atoms with van der Waals surface area (Å²) in [6.07, 6.45) is -10.1. The number of carbonyl (C=O) groups excluding carboxylic acids is 1. The van der Waals surface area contributed by atoms with Gasteiger partial charge in [0.1, 0.15) is 42.1 Å². The van der Waals surface area contributed by atoms with Crippen LogP contribution < -0.4 is 4.90 Å². The Morgan fingerprint density at radius 2 is 1.47 bits per heavy atom. The fraction of sp³-hybridized carbons (Fsp3) is 0.306. The number of hydrogen-bond acceptors (Lipinski definition) is 9. The third kappa shape index (κ3) is 6.39. The highest BCUT2D eigenvalue weighted by atomic mass is 19.1. The largest absolute Gasteiger partial charge is 0.508 e. The van der Waals surface area contributed by atoms with Gasteiger partial charge in [-0.2, -0.15) is 0 Å². The van der Waals surface area contributed by atoms with Crippen molar-refractivity contribution in [1.82, 2.24) is 0 Å². The predicted octanol–water partition coefficient (Wildman–Crippen LogP) is 3.25. The molecule has 4 aromatic rings. The molecule has 10 nitrogen and oxygen atoms in total. The van der Waals surface area contributed by atoms with Gasteiger partial charge in [0.15, 0.2) is 6.29 Å². The first-order valence-corrected chi connectivity index (χ1v) is 15.4. The lowest BCUT2D eigenvalue weighted by molar-refractivity contribution is -0.297. The van der Waals surface area contributed by atoms with Crippen LogP contribution in [0.15, 0.2) is 97.1 Å². The molecular weight excluding hydrogens is 609 g/mol. The van der Waals surface area contributed by atoms with Crippen molar-refractivity contribution < 1.29 is 49.7 Å². The summed E-state index contributed by atoms with van der Waals surface area (Å²) in [5.41, 5.74) is 3.20. The van der Waals surface area contributed by atoms with Crippen LogP contribution >= 0.6 is 0 Å². The van der Waals surface area contributed by atoms with Crippen LogP contribution in [0.25, 0.3) is 11.1 Å². The topological polar surface area (TPSA) is 171 Å². The molecule has 0 aliphatic carbocycles. The number of β-lactam (4-membered cyclic amide) rings is 1. The summed E-state index contributed by atoms with van der Waals surface area (Å²) in [6, 6.07) is 25.8. The molecule has 11 heteroatoms. The van der Waals surface area contributed by atoms with Crippen molar-refractivity contribution >= 4 is 11.6 Å². The molecular formula is C36H36FNO9. The summed E-state index contributed by atoms with van der Waals surface area (Å²) in [4.78, 5) is 15.1. The highest BCUT2D eigenvalue weighted by Crippen LogP contribution is 2.49. The maximum absolute atomic E-state index is 13.5.